The Bertz CT molecular complexity index is 647. The standard InChI is InChI=1S/C16H17NO3/c18-14-3-1-2-13-12(14)6-7-17(13)9-11-4-5-15-16(8-11)20-10-19-15/h4-8,14,18H,1-3,9-10H2. The van der Waals surface area contributed by atoms with Crippen LogP contribution >= 0.6 is 0 Å². The van der Waals surface area contributed by atoms with Crippen LogP contribution in [0.25, 0.3) is 0 Å². The van der Waals surface area contributed by atoms with E-state index in [1.165, 1.54) is 11.3 Å². The van der Waals surface area contributed by atoms with Gasteiger partial charge in [0.05, 0.1) is 6.10 Å². The molecule has 0 saturated heterocycles. The number of hydrogen-bond donors (Lipinski definition) is 1. The highest BCUT2D eigenvalue weighted by Gasteiger charge is 2.21. The molecule has 0 fully saturated rings. The third-order valence-electron chi connectivity index (χ3n) is 4.15. The molecule has 0 saturated carbocycles. The van der Waals surface area contributed by atoms with Gasteiger partial charge in [0.2, 0.25) is 6.79 Å². The Morgan fingerprint density at radius 1 is 1.20 bits per heavy atom. The summed E-state index contributed by atoms with van der Waals surface area (Å²) in [5.41, 5.74) is 3.55. The summed E-state index contributed by atoms with van der Waals surface area (Å²) in [5, 5.41) is 10.0. The molecule has 1 aromatic heterocycles. The molecule has 0 radical (unpaired) electrons. The number of aromatic nitrogens is 1. The molecule has 0 spiro atoms. The van der Waals surface area contributed by atoms with E-state index in [1.54, 1.807) is 0 Å². The van der Waals surface area contributed by atoms with Crippen molar-refractivity contribution in [2.24, 2.45) is 0 Å². The van der Waals surface area contributed by atoms with E-state index in [-0.39, 0.29) is 6.10 Å². The predicted octanol–water partition coefficient (Wildman–Crippen LogP) is 2.63. The molecule has 1 N–H and O–H groups in total. The summed E-state index contributed by atoms with van der Waals surface area (Å²) in [6, 6.07) is 8.11. The van der Waals surface area contributed by atoms with Crippen molar-refractivity contribution < 1.29 is 14.6 Å². The van der Waals surface area contributed by atoms with Crippen LogP contribution in [0.5, 0.6) is 11.5 Å². The van der Waals surface area contributed by atoms with Crippen molar-refractivity contribution in [1.82, 2.24) is 4.57 Å². The quantitative estimate of drug-likeness (QED) is 0.913. The summed E-state index contributed by atoms with van der Waals surface area (Å²) in [5.74, 6) is 1.64. The van der Waals surface area contributed by atoms with Crippen LogP contribution in [-0.4, -0.2) is 16.5 Å². The Morgan fingerprint density at radius 3 is 3.05 bits per heavy atom. The van der Waals surface area contributed by atoms with Crippen LogP contribution in [0, 0.1) is 0 Å². The third-order valence-corrected chi connectivity index (χ3v) is 4.15. The zero-order valence-corrected chi connectivity index (χ0v) is 11.2. The first kappa shape index (κ1) is 11.9. The zero-order chi connectivity index (χ0) is 13.5. The van der Waals surface area contributed by atoms with Gasteiger partial charge in [-0.25, -0.2) is 0 Å². The maximum Gasteiger partial charge on any atom is 0.231 e. The van der Waals surface area contributed by atoms with Crippen molar-refractivity contribution >= 4 is 0 Å². The van der Waals surface area contributed by atoms with Gasteiger partial charge in [-0.3, -0.25) is 0 Å². The van der Waals surface area contributed by atoms with Gasteiger partial charge >= 0.3 is 0 Å². The van der Waals surface area contributed by atoms with Gasteiger partial charge in [0.1, 0.15) is 0 Å². The van der Waals surface area contributed by atoms with Crippen LogP contribution in [0.2, 0.25) is 0 Å². The summed E-state index contributed by atoms with van der Waals surface area (Å²) in [6.45, 7) is 1.11. The van der Waals surface area contributed by atoms with E-state index in [9.17, 15) is 5.11 Å². The molecule has 1 aromatic carbocycles. The molecule has 4 nitrogen and oxygen atoms in total. The lowest BCUT2D eigenvalue weighted by molar-refractivity contribution is 0.155. The van der Waals surface area contributed by atoms with Crippen LogP contribution < -0.4 is 9.47 Å². The summed E-state index contributed by atoms with van der Waals surface area (Å²) in [7, 11) is 0. The van der Waals surface area contributed by atoms with Crippen LogP contribution in [0.1, 0.15) is 35.8 Å². The van der Waals surface area contributed by atoms with E-state index in [4.69, 9.17) is 9.47 Å². The van der Waals surface area contributed by atoms with Gasteiger partial charge in [0.25, 0.3) is 0 Å². The molecule has 104 valence electrons. The molecule has 4 rings (SSSR count). The number of aliphatic hydroxyl groups excluding tert-OH is 1. The Labute approximate surface area is 117 Å². The second-order valence-corrected chi connectivity index (χ2v) is 5.44. The van der Waals surface area contributed by atoms with Crippen LogP contribution in [0.4, 0.5) is 0 Å². The van der Waals surface area contributed by atoms with Gasteiger partial charge in [-0.2, -0.15) is 0 Å². The average Bonchev–Trinajstić information content (AvgIpc) is 3.06. The van der Waals surface area contributed by atoms with E-state index < -0.39 is 0 Å². The summed E-state index contributed by atoms with van der Waals surface area (Å²) in [6.07, 6.45) is 4.76. The maximum atomic E-state index is 10.0. The second kappa shape index (κ2) is 4.56. The minimum atomic E-state index is -0.295. The average molecular weight is 271 g/mol. The number of aliphatic hydroxyl groups is 1. The Morgan fingerprint density at radius 2 is 2.10 bits per heavy atom. The van der Waals surface area contributed by atoms with Crippen molar-refractivity contribution in [2.45, 2.75) is 31.9 Å². The van der Waals surface area contributed by atoms with E-state index in [0.29, 0.717) is 6.79 Å². The van der Waals surface area contributed by atoms with Gasteiger partial charge in [-0.15, -0.1) is 0 Å². The Hall–Kier alpha value is -1.94. The fraction of sp³-hybridized carbons (Fsp3) is 0.375. The lowest BCUT2D eigenvalue weighted by Crippen LogP contribution is -2.12. The molecule has 2 aromatic rings. The van der Waals surface area contributed by atoms with E-state index in [0.717, 1.165) is 42.9 Å². The number of nitrogens with zero attached hydrogens (tertiary/aromatic N) is 1. The monoisotopic (exact) mass is 271 g/mol. The SMILES string of the molecule is OC1CCCc2c1ccn2Cc1ccc2c(c1)OCO2. The van der Waals surface area contributed by atoms with Gasteiger partial charge in [0, 0.05) is 24.0 Å². The molecular formula is C16H17NO3. The number of benzene rings is 1. The fourth-order valence-corrected chi connectivity index (χ4v) is 3.12. The van der Waals surface area contributed by atoms with Crippen molar-refractivity contribution in [1.29, 1.82) is 0 Å². The molecule has 1 aliphatic heterocycles. The number of fused-ring (bicyclic) bond motifs is 2. The molecule has 20 heavy (non-hydrogen) atoms. The molecule has 4 heteroatoms. The lowest BCUT2D eigenvalue weighted by Gasteiger charge is -2.20. The van der Waals surface area contributed by atoms with E-state index in [1.807, 2.05) is 18.2 Å². The van der Waals surface area contributed by atoms with Crippen molar-refractivity contribution in [3.8, 4) is 11.5 Å². The van der Waals surface area contributed by atoms with Crippen LogP contribution in [0.15, 0.2) is 30.5 Å². The number of hydrogen-bond acceptors (Lipinski definition) is 3. The summed E-state index contributed by atoms with van der Waals surface area (Å²) >= 11 is 0. The minimum Gasteiger partial charge on any atom is -0.454 e. The molecule has 2 aliphatic rings. The third kappa shape index (κ3) is 1.88. The highest BCUT2D eigenvalue weighted by molar-refractivity contribution is 5.44. The van der Waals surface area contributed by atoms with Gasteiger partial charge in [0.15, 0.2) is 11.5 Å². The number of ether oxygens (including phenoxy) is 2. The smallest absolute Gasteiger partial charge is 0.231 e. The molecule has 2 heterocycles. The Kier molecular flexibility index (Phi) is 2.70. The highest BCUT2D eigenvalue weighted by Crippen LogP contribution is 2.34. The van der Waals surface area contributed by atoms with Crippen molar-refractivity contribution in [2.75, 3.05) is 6.79 Å². The summed E-state index contributed by atoms with van der Waals surface area (Å²) in [4.78, 5) is 0. The van der Waals surface area contributed by atoms with Crippen LogP contribution in [0.3, 0.4) is 0 Å². The molecule has 1 unspecified atom stereocenters. The van der Waals surface area contributed by atoms with Crippen molar-refractivity contribution in [3.05, 3.63) is 47.3 Å². The first-order valence-corrected chi connectivity index (χ1v) is 7.06. The van der Waals surface area contributed by atoms with Gasteiger partial charge in [-0.1, -0.05) is 6.07 Å². The van der Waals surface area contributed by atoms with Crippen molar-refractivity contribution in [3.63, 3.8) is 0 Å². The second-order valence-electron chi connectivity index (χ2n) is 5.44. The van der Waals surface area contributed by atoms with Gasteiger partial charge in [-0.05, 0) is 43.0 Å². The highest BCUT2D eigenvalue weighted by atomic mass is 16.7. The normalized spacial score (nSPS) is 19.9. The summed E-state index contributed by atoms with van der Waals surface area (Å²) < 4.78 is 13.0. The number of rotatable bonds is 2. The molecule has 0 amide bonds. The minimum absolute atomic E-state index is 0.295. The molecule has 1 aliphatic carbocycles. The molecule has 0 bridgehead atoms. The van der Waals surface area contributed by atoms with E-state index in [2.05, 4.69) is 16.8 Å². The Balaban J connectivity index is 1.63. The maximum absolute atomic E-state index is 10.0. The molecular weight excluding hydrogens is 254 g/mol. The first-order valence-electron chi connectivity index (χ1n) is 7.06. The largest absolute Gasteiger partial charge is 0.454 e. The zero-order valence-electron chi connectivity index (χ0n) is 11.2. The lowest BCUT2D eigenvalue weighted by atomic mass is 9.95. The first-order chi connectivity index (χ1) is 9.81. The predicted molar refractivity (Wildman–Crippen MR) is 74.0 cm³/mol. The van der Waals surface area contributed by atoms with E-state index >= 15 is 0 Å². The molecule has 1 atom stereocenters. The topological polar surface area (TPSA) is 43.6 Å². The van der Waals surface area contributed by atoms with Crippen LogP contribution in [-0.2, 0) is 13.0 Å². The van der Waals surface area contributed by atoms with Gasteiger partial charge < -0.3 is 19.1 Å². The fourth-order valence-electron chi connectivity index (χ4n) is 3.12.